The van der Waals surface area contributed by atoms with E-state index in [1.54, 1.807) is 11.0 Å². The zero-order valence-electron chi connectivity index (χ0n) is 19.9. The SMILES string of the molecule is CCCCN1C(=O)/C(=C\c2ccc(OCc3ccccc3C#N)cc2)SC1=Nc1ccc(C)cc1. The van der Waals surface area contributed by atoms with E-state index in [4.69, 9.17) is 9.73 Å². The standard InChI is InChI=1S/C29H27N3O2S/c1-3-4-17-32-28(33)27(35-29(32)31-25-13-9-21(2)10-14-25)18-22-11-15-26(16-12-22)34-20-24-8-6-5-7-23(24)19-30/h5-16,18H,3-4,17,20H2,1-2H3/b27-18+,31-29?. The van der Waals surface area contributed by atoms with Crippen LogP contribution in [0.4, 0.5) is 5.69 Å². The number of ether oxygens (including phenoxy) is 1. The molecule has 0 N–H and O–H groups in total. The fraction of sp³-hybridized carbons (Fsp3) is 0.207. The highest BCUT2D eigenvalue weighted by atomic mass is 32.2. The highest BCUT2D eigenvalue weighted by Gasteiger charge is 2.32. The number of unbranched alkanes of at least 4 members (excludes halogenated alkanes) is 1. The van der Waals surface area contributed by atoms with Crippen molar-refractivity contribution in [3.8, 4) is 11.8 Å². The number of nitriles is 1. The summed E-state index contributed by atoms with van der Waals surface area (Å²) in [6.07, 6.45) is 3.83. The van der Waals surface area contributed by atoms with Gasteiger partial charge in [-0.3, -0.25) is 9.69 Å². The highest BCUT2D eigenvalue weighted by Crippen LogP contribution is 2.34. The van der Waals surface area contributed by atoms with Crippen LogP contribution < -0.4 is 4.74 Å². The van der Waals surface area contributed by atoms with Gasteiger partial charge in [-0.05, 0) is 67.1 Å². The molecule has 0 unspecified atom stereocenters. The normalized spacial score (nSPS) is 15.6. The van der Waals surface area contributed by atoms with Gasteiger partial charge in [-0.2, -0.15) is 5.26 Å². The Balaban J connectivity index is 1.49. The van der Waals surface area contributed by atoms with Gasteiger partial charge in [0, 0.05) is 12.1 Å². The molecule has 0 aliphatic carbocycles. The predicted molar refractivity (Wildman–Crippen MR) is 142 cm³/mol. The van der Waals surface area contributed by atoms with Gasteiger partial charge in [-0.15, -0.1) is 0 Å². The third-order valence-electron chi connectivity index (χ3n) is 5.59. The van der Waals surface area contributed by atoms with Crippen molar-refractivity contribution in [2.75, 3.05) is 6.54 Å². The van der Waals surface area contributed by atoms with Gasteiger partial charge in [0.2, 0.25) is 0 Å². The lowest BCUT2D eigenvalue weighted by Gasteiger charge is -2.14. The Morgan fingerprint density at radius 1 is 1.06 bits per heavy atom. The summed E-state index contributed by atoms with van der Waals surface area (Å²) in [6, 6.07) is 25.2. The molecule has 0 bridgehead atoms. The molecule has 176 valence electrons. The highest BCUT2D eigenvalue weighted by molar-refractivity contribution is 8.18. The Kier molecular flexibility index (Phi) is 8.02. The number of hydrogen-bond acceptors (Lipinski definition) is 5. The molecule has 0 atom stereocenters. The minimum Gasteiger partial charge on any atom is -0.489 e. The van der Waals surface area contributed by atoms with Crippen LogP contribution in [0, 0.1) is 18.3 Å². The smallest absolute Gasteiger partial charge is 0.266 e. The number of aryl methyl sites for hydroxylation is 1. The number of thioether (sulfide) groups is 1. The van der Waals surface area contributed by atoms with Crippen molar-refractivity contribution >= 4 is 34.6 Å². The van der Waals surface area contributed by atoms with Gasteiger partial charge in [-0.25, -0.2) is 4.99 Å². The fourth-order valence-corrected chi connectivity index (χ4v) is 4.59. The third-order valence-corrected chi connectivity index (χ3v) is 6.60. The number of aliphatic imine (C=N–C) groups is 1. The molecule has 0 saturated carbocycles. The minimum atomic E-state index is -0.0113. The fourth-order valence-electron chi connectivity index (χ4n) is 3.56. The minimum absolute atomic E-state index is 0.0113. The summed E-state index contributed by atoms with van der Waals surface area (Å²) >= 11 is 1.41. The second kappa shape index (κ2) is 11.5. The van der Waals surface area contributed by atoms with Crippen molar-refractivity contribution < 1.29 is 9.53 Å². The predicted octanol–water partition coefficient (Wildman–Crippen LogP) is 6.85. The zero-order valence-corrected chi connectivity index (χ0v) is 20.7. The molecule has 0 aromatic heterocycles. The Morgan fingerprint density at radius 3 is 2.51 bits per heavy atom. The first-order valence-electron chi connectivity index (χ1n) is 11.6. The van der Waals surface area contributed by atoms with E-state index in [9.17, 15) is 10.1 Å². The van der Waals surface area contributed by atoms with E-state index in [1.807, 2.05) is 79.7 Å². The summed E-state index contributed by atoms with van der Waals surface area (Å²) in [5.74, 6) is 0.694. The van der Waals surface area contributed by atoms with Crippen molar-refractivity contribution in [2.24, 2.45) is 4.99 Å². The van der Waals surface area contributed by atoms with Gasteiger partial charge >= 0.3 is 0 Å². The number of rotatable bonds is 8. The molecule has 1 aliphatic rings. The van der Waals surface area contributed by atoms with E-state index in [0.29, 0.717) is 29.4 Å². The Morgan fingerprint density at radius 2 is 1.80 bits per heavy atom. The quantitative estimate of drug-likeness (QED) is 0.330. The van der Waals surface area contributed by atoms with E-state index in [2.05, 4.69) is 13.0 Å². The van der Waals surface area contributed by atoms with Gasteiger partial charge in [-0.1, -0.05) is 61.4 Å². The number of benzene rings is 3. The lowest BCUT2D eigenvalue weighted by atomic mass is 10.1. The molecule has 0 radical (unpaired) electrons. The van der Waals surface area contributed by atoms with E-state index >= 15 is 0 Å². The van der Waals surface area contributed by atoms with Crippen LogP contribution in [0.2, 0.25) is 0 Å². The number of carbonyl (C=O) groups is 1. The van der Waals surface area contributed by atoms with Crippen LogP contribution in [0.15, 0.2) is 82.7 Å². The molecule has 3 aromatic carbocycles. The molecule has 4 rings (SSSR count). The Bertz CT molecular complexity index is 1290. The molecule has 3 aromatic rings. The molecule has 1 amide bonds. The van der Waals surface area contributed by atoms with Crippen molar-refractivity contribution in [3.63, 3.8) is 0 Å². The number of hydrogen-bond donors (Lipinski definition) is 0. The van der Waals surface area contributed by atoms with Crippen molar-refractivity contribution in [1.29, 1.82) is 5.26 Å². The van der Waals surface area contributed by atoms with E-state index < -0.39 is 0 Å². The summed E-state index contributed by atoms with van der Waals surface area (Å²) in [5.41, 5.74) is 4.39. The molecule has 1 fully saturated rings. The molecule has 1 aliphatic heterocycles. The molecule has 0 spiro atoms. The number of carbonyl (C=O) groups excluding carboxylic acids is 1. The van der Waals surface area contributed by atoms with Crippen LogP contribution in [0.25, 0.3) is 6.08 Å². The first-order chi connectivity index (χ1) is 17.1. The monoisotopic (exact) mass is 481 g/mol. The van der Waals surface area contributed by atoms with Crippen LogP contribution in [0.1, 0.15) is 42.0 Å². The molecule has 1 heterocycles. The summed E-state index contributed by atoms with van der Waals surface area (Å²) in [5, 5.41) is 9.95. The molecular formula is C29H27N3O2S. The van der Waals surface area contributed by atoms with E-state index in [1.165, 1.54) is 17.3 Å². The first kappa shape index (κ1) is 24.3. The number of amides is 1. The lowest BCUT2D eigenvalue weighted by Crippen LogP contribution is -2.30. The Hall–Kier alpha value is -3.82. The van der Waals surface area contributed by atoms with Crippen LogP contribution in [-0.4, -0.2) is 22.5 Å². The molecule has 6 heteroatoms. The van der Waals surface area contributed by atoms with Gasteiger partial charge in [0.1, 0.15) is 12.4 Å². The second-order valence-electron chi connectivity index (χ2n) is 8.28. The lowest BCUT2D eigenvalue weighted by molar-refractivity contribution is -0.122. The van der Waals surface area contributed by atoms with Crippen molar-refractivity contribution in [3.05, 3.63) is 100.0 Å². The third kappa shape index (κ3) is 6.20. The summed E-state index contributed by atoms with van der Waals surface area (Å²) in [6.45, 7) is 5.13. The molecular weight excluding hydrogens is 454 g/mol. The van der Waals surface area contributed by atoms with Gasteiger partial charge in [0.15, 0.2) is 5.17 Å². The second-order valence-corrected chi connectivity index (χ2v) is 9.29. The van der Waals surface area contributed by atoms with Crippen LogP contribution in [0.5, 0.6) is 5.75 Å². The zero-order chi connectivity index (χ0) is 24.6. The van der Waals surface area contributed by atoms with Gasteiger partial charge in [0.25, 0.3) is 5.91 Å². The van der Waals surface area contributed by atoms with Gasteiger partial charge < -0.3 is 4.74 Å². The van der Waals surface area contributed by atoms with Crippen molar-refractivity contribution in [2.45, 2.75) is 33.3 Å². The summed E-state index contributed by atoms with van der Waals surface area (Å²) < 4.78 is 5.86. The maximum absolute atomic E-state index is 13.2. The number of nitrogens with zero attached hydrogens (tertiary/aromatic N) is 3. The summed E-state index contributed by atoms with van der Waals surface area (Å²) in [7, 11) is 0. The average Bonchev–Trinajstić information content (AvgIpc) is 3.17. The van der Waals surface area contributed by atoms with Crippen molar-refractivity contribution in [1.82, 2.24) is 4.90 Å². The van der Waals surface area contributed by atoms with E-state index in [-0.39, 0.29) is 5.91 Å². The molecule has 35 heavy (non-hydrogen) atoms. The van der Waals surface area contributed by atoms with Gasteiger partial charge in [0.05, 0.1) is 22.2 Å². The van der Waals surface area contributed by atoms with Crippen LogP contribution >= 0.6 is 11.8 Å². The first-order valence-corrected chi connectivity index (χ1v) is 12.5. The molecule has 1 saturated heterocycles. The maximum atomic E-state index is 13.2. The Labute approximate surface area is 210 Å². The number of amidine groups is 1. The molecule has 5 nitrogen and oxygen atoms in total. The van der Waals surface area contributed by atoms with Crippen LogP contribution in [0.3, 0.4) is 0 Å². The van der Waals surface area contributed by atoms with Crippen LogP contribution in [-0.2, 0) is 11.4 Å². The summed E-state index contributed by atoms with van der Waals surface area (Å²) in [4.78, 5) is 20.4. The average molecular weight is 482 g/mol. The largest absolute Gasteiger partial charge is 0.489 e. The maximum Gasteiger partial charge on any atom is 0.266 e. The topological polar surface area (TPSA) is 65.7 Å². The van der Waals surface area contributed by atoms with E-state index in [0.717, 1.165) is 34.8 Å².